The molecule has 0 aliphatic heterocycles. The first kappa shape index (κ1) is 21.0. The normalized spacial score (nSPS) is 10.9. The van der Waals surface area contributed by atoms with Gasteiger partial charge in [0.05, 0.1) is 0 Å². The van der Waals surface area contributed by atoms with Crippen LogP contribution in [0.2, 0.25) is 0 Å². The molecule has 1 aromatic heterocycles. The van der Waals surface area contributed by atoms with Crippen LogP contribution in [0.1, 0.15) is 6.42 Å². The van der Waals surface area contributed by atoms with Gasteiger partial charge in [-0.25, -0.2) is 12.2 Å². The van der Waals surface area contributed by atoms with Gasteiger partial charge in [-0.2, -0.15) is 6.08 Å². The number of nitrogens with zero attached hydrogens (tertiary/aromatic N) is 1. The molecule has 0 fully saturated rings. The van der Waals surface area contributed by atoms with E-state index in [0.29, 0.717) is 0 Å². The van der Waals surface area contributed by atoms with E-state index < -0.39 is 0 Å². The average Bonchev–Trinajstić information content (AvgIpc) is 3.20. The largest absolute Gasteiger partial charge is 4.00 e. The van der Waals surface area contributed by atoms with E-state index in [9.17, 15) is 0 Å². The Morgan fingerprint density at radius 3 is 2.27 bits per heavy atom. The molecule has 3 aromatic rings. The van der Waals surface area contributed by atoms with Crippen molar-refractivity contribution in [2.45, 2.75) is 6.42 Å². The van der Waals surface area contributed by atoms with Crippen molar-refractivity contribution >= 4 is 10.8 Å². The Morgan fingerprint density at radius 1 is 1.00 bits per heavy atom. The second kappa shape index (κ2) is 10.7. The van der Waals surface area contributed by atoms with Crippen LogP contribution in [0.25, 0.3) is 16.5 Å². The number of allylic oxidation sites excluding steroid dienone is 4. The van der Waals surface area contributed by atoms with E-state index >= 15 is 0 Å². The first-order chi connectivity index (χ1) is 9.43. The van der Waals surface area contributed by atoms with Crippen molar-refractivity contribution in [1.29, 1.82) is 0 Å². The van der Waals surface area contributed by atoms with Gasteiger partial charge in [0.25, 0.3) is 0 Å². The molecule has 0 amide bonds. The fourth-order valence-corrected chi connectivity index (χ4v) is 2.13. The summed E-state index contributed by atoms with van der Waals surface area (Å²) in [4.78, 5) is 0. The molecule has 1 nitrogen and oxygen atoms in total. The molecule has 0 atom stereocenters. The number of hydrogen-bond acceptors (Lipinski definition) is 0. The molecule has 0 bridgehead atoms. The van der Waals surface area contributed by atoms with Crippen LogP contribution in [0.5, 0.6) is 0 Å². The maximum atomic E-state index is 2.99. The third-order valence-corrected chi connectivity index (χ3v) is 3.09. The fourth-order valence-electron chi connectivity index (χ4n) is 2.13. The van der Waals surface area contributed by atoms with Gasteiger partial charge in [0.15, 0.2) is 0 Å². The zero-order valence-electron chi connectivity index (χ0n) is 11.9. The van der Waals surface area contributed by atoms with Crippen molar-refractivity contribution in [2.75, 3.05) is 0 Å². The molecule has 4 heteroatoms. The maximum absolute atomic E-state index is 2.99. The second-order valence-electron chi connectivity index (χ2n) is 4.44. The molecule has 0 spiro atoms. The Morgan fingerprint density at radius 2 is 1.73 bits per heavy atom. The van der Waals surface area contributed by atoms with Gasteiger partial charge in [-0.1, -0.05) is 6.07 Å². The van der Waals surface area contributed by atoms with E-state index in [2.05, 4.69) is 65.5 Å². The SMILES string of the molecule is [C-]1=CC=CC1.[Cl-].[Cl-].[Hf+4].c1ccc2[cH-]c(-n3cccc3)cc2c1. The minimum Gasteiger partial charge on any atom is -1.00 e. The van der Waals surface area contributed by atoms with Gasteiger partial charge in [0, 0.05) is 12.4 Å². The summed E-state index contributed by atoms with van der Waals surface area (Å²) in [5.74, 6) is 0. The molecular weight excluding hydrogens is 480 g/mol. The summed E-state index contributed by atoms with van der Waals surface area (Å²) in [7, 11) is 0. The van der Waals surface area contributed by atoms with Crippen molar-refractivity contribution in [3.63, 3.8) is 0 Å². The Hall–Kier alpha value is -0.960. The monoisotopic (exact) mass is 495 g/mol. The van der Waals surface area contributed by atoms with E-state index in [-0.39, 0.29) is 50.7 Å². The number of fused-ring (bicyclic) bond motifs is 1. The predicted octanol–water partition coefficient (Wildman–Crippen LogP) is -1.34. The molecule has 2 aromatic carbocycles. The van der Waals surface area contributed by atoms with E-state index in [1.807, 2.05) is 24.3 Å². The summed E-state index contributed by atoms with van der Waals surface area (Å²) in [6.07, 6.45) is 14.1. The summed E-state index contributed by atoms with van der Waals surface area (Å²) >= 11 is 0. The van der Waals surface area contributed by atoms with Gasteiger partial charge in [-0.3, -0.25) is 6.08 Å². The molecule has 0 N–H and O–H groups in total. The number of hydrogen-bond donors (Lipinski definition) is 0. The first-order valence-electron chi connectivity index (χ1n) is 6.44. The molecule has 0 saturated carbocycles. The molecule has 1 aliphatic rings. The first-order valence-corrected chi connectivity index (χ1v) is 6.44. The van der Waals surface area contributed by atoms with Gasteiger partial charge in [-0.15, -0.1) is 47.5 Å². The molecule has 1 heterocycles. The molecule has 0 radical (unpaired) electrons. The van der Waals surface area contributed by atoms with Crippen LogP contribution in [-0.4, -0.2) is 4.57 Å². The minimum atomic E-state index is 0. The van der Waals surface area contributed by atoms with Crippen LogP contribution >= 0.6 is 0 Å². The Bertz CT molecular complexity index is 669. The predicted molar refractivity (Wildman–Crippen MR) is 80.4 cm³/mol. The van der Waals surface area contributed by atoms with Gasteiger partial charge in [0.1, 0.15) is 0 Å². The van der Waals surface area contributed by atoms with Gasteiger partial charge >= 0.3 is 25.8 Å². The van der Waals surface area contributed by atoms with Crippen LogP contribution in [-0.2, 0) is 25.8 Å². The van der Waals surface area contributed by atoms with Crippen molar-refractivity contribution in [1.82, 2.24) is 4.57 Å². The van der Waals surface area contributed by atoms with E-state index in [4.69, 9.17) is 0 Å². The van der Waals surface area contributed by atoms with Crippen molar-refractivity contribution in [2.24, 2.45) is 0 Å². The molecule has 1 aliphatic carbocycles. The summed E-state index contributed by atoms with van der Waals surface area (Å²) < 4.78 is 2.12. The third-order valence-electron chi connectivity index (χ3n) is 3.09. The molecule has 0 saturated heterocycles. The molecule has 110 valence electrons. The van der Waals surface area contributed by atoms with Gasteiger partial charge in [-0.05, 0) is 17.8 Å². The Kier molecular flexibility index (Phi) is 10.2. The number of aromatic nitrogens is 1. The fraction of sp³-hybridized carbons (Fsp3) is 0.0556. The topological polar surface area (TPSA) is 4.93 Å². The summed E-state index contributed by atoms with van der Waals surface area (Å²) in [6.45, 7) is 0. The van der Waals surface area contributed by atoms with Crippen LogP contribution in [0.3, 0.4) is 0 Å². The summed E-state index contributed by atoms with van der Waals surface area (Å²) in [5, 5.41) is 2.60. The van der Waals surface area contributed by atoms with Crippen LogP contribution in [0, 0.1) is 6.08 Å². The number of benzene rings is 1. The van der Waals surface area contributed by atoms with E-state index in [1.54, 1.807) is 0 Å². The third kappa shape index (κ3) is 5.35. The van der Waals surface area contributed by atoms with E-state index in [1.165, 1.54) is 16.5 Å². The van der Waals surface area contributed by atoms with E-state index in [0.717, 1.165) is 6.42 Å². The van der Waals surface area contributed by atoms with Gasteiger partial charge in [0.2, 0.25) is 0 Å². The Balaban J connectivity index is 0.000000482. The summed E-state index contributed by atoms with van der Waals surface area (Å²) in [6, 6.07) is 16.9. The van der Waals surface area contributed by atoms with Crippen LogP contribution in [0.15, 0.2) is 79.2 Å². The minimum absolute atomic E-state index is 0. The molecular formula is C18H15Cl2HfN. The van der Waals surface area contributed by atoms with Crippen LogP contribution in [0.4, 0.5) is 0 Å². The molecule has 4 rings (SSSR count). The van der Waals surface area contributed by atoms with Gasteiger partial charge < -0.3 is 29.4 Å². The summed E-state index contributed by atoms with van der Waals surface area (Å²) in [5.41, 5.74) is 1.23. The quantitative estimate of drug-likeness (QED) is 0.292. The number of rotatable bonds is 1. The van der Waals surface area contributed by atoms with Crippen molar-refractivity contribution in [3.05, 3.63) is 85.2 Å². The standard InChI is InChI=1S/C13H10N.C5H5.2ClH.Hf/c1-2-6-12-10-13(9-11(12)5-1)14-7-3-4-8-14;1-2-4-5-3-1;;;/h1-10H;1-3H,4H2;2*1H;/q2*-1;;;+4/p-2. The van der Waals surface area contributed by atoms with Crippen molar-refractivity contribution in [3.8, 4) is 5.69 Å². The Labute approximate surface area is 162 Å². The van der Waals surface area contributed by atoms with Crippen molar-refractivity contribution < 1.29 is 50.7 Å². The number of halogens is 2. The maximum Gasteiger partial charge on any atom is 4.00 e. The second-order valence-corrected chi connectivity index (χ2v) is 4.44. The zero-order valence-corrected chi connectivity index (χ0v) is 17.0. The average molecular weight is 495 g/mol. The zero-order chi connectivity index (χ0) is 12.9. The van der Waals surface area contributed by atoms with Crippen LogP contribution < -0.4 is 24.8 Å². The molecule has 22 heavy (non-hydrogen) atoms. The smallest absolute Gasteiger partial charge is 1.00 e. The molecule has 0 unspecified atom stereocenters.